The lowest BCUT2D eigenvalue weighted by Crippen LogP contribution is -2.38. The Kier molecular flexibility index (Phi) is 6.20. The molecule has 6 nitrogen and oxygen atoms in total. The summed E-state index contributed by atoms with van der Waals surface area (Å²) in [4.78, 5) is 33.7. The van der Waals surface area contributed by atoms with E-state index in [0.717, 1.165) is 54.8 Å². The third-order valence-electron chi connectivity index (χ3n) is 5.94. The molecule has 1 saturated heterocycles. The zero-order valence-electron chi connectivity index (χ0n) is 18.0. The summed E-state index contributed by atoms with van der Waals surface area (Å²) >= 11 is 1.47. The van der Waals surface area contributed by atoms with E-state index in [-0.39, 0.29) is 11.8 Å². The molecule has 0 radical (unpaired) electrons. The first kappa shape index (κ1) is 21.0. The summed E-state index contributed by atoms with van der Waals surface area (Å²) in [5.41, 5.74) is 3.60. The van der Waals surface area contributed by atoms with Gasteiger partial charge < -0.3 is 4.90 Å². The number of nitrogens with one attached hydrogen (secondary N) is 1. The maximum Gasteiger partial charge on any atom is 0.257 e. The number of hydrogen-bond donors (Lipinski definition) is 1. The molecule has 7 heteroatoms. The van der Waals surface area contributed by atoms with Crippen molar-refractivity contribution < 1.29 is 9.59 Å². The number of likely N-dealkylation sites (tertiary alicyclic amines) is 1. The molecule has 0 aliphatic carbocycles. The van der Waals surface area contributed by atoms with Crippen LogP contribution in [0.25, 0.3) is 0 Å². The molecule has 1 aromatic heterocycles. The van der Waals surface area contributed by atoms with Crippen molar-refractivity contribution in [2.45, 2.75) is 46.6 Å². The molecule has 2 aliphatic heterocycles. The zero-order valence-corrected chi connectivity index (χ0v) is 18.8. The molecular weight excluding hydrogens is 396 g/mol. The van der Waals surface area contributed by atoms with E-state index in [2.05, 4.69) is 29.0 Å². The summed E-state index contributed by atoms with van der Waals surface area (Å²) in [6.07, 6.45) is 2.57. The number of thiazole rings is 1. The molecule has 2 amide bonds. The minimum Gasteiger partial charge on any atom is -0.312 e. The number of fused-ring (bicyclic) bond motifs is 1. The van der Waals surface area contributed by atoms with Crippen molar-refractivity contribution in [2.24, 2.45) is 11.8 Å². The van der Waals surface area contributed by atoms with Gasteiger partial charge in [0.15, 0.2) is 5.13 Å². The molecule has 4 rings (SSSR count). The number of benzene rings is 1. The van der Waals surface area contributed by atoms with E-state index >= 15 is 0 Å². The van der Waals surface area contributed by atoms with Crippen LogP contribution in [-0.2, 0) is 17.8 Å². The Balaban J connectivity index is 1.39. The van der Waals surface area contributed by atoms with Crippen LogP contribution in [0, 0.1) is 11.8 Å². The van der Waals surface area contributed by atoms with Crippen LogP contribution in [0.2, 0.25) is 0 Å². The molecule has 0 spiro atoms. The fourth-order valence-electron chi connectivity index (χ4n) is 4.75. The van der Waals surface area contributed by atoms with E-state index in [4.69, 9.17) is 0 Å². The highest BCUT2D eigenvalue weighted by atomic mass is 32.1. The Hall–Kier alpha value is -2.25. The summed E-state index contributed by atoms with van der Waals surface area (Å²) in [6.45, 7) is 10.2. The highest BCUT2D eigenvalue weighted by Gasteiger charge is 2.25. The average molecular weight is 427 g/mol. The van der Waals surface area contributed by atoms with Crippen LogP contribution in [0.5, 0.6) is 0 Å². The lowest BCUT2D eigenvalue weighted by Gasteiger charge is -2.34. The lowest BCUT2D eigenvalue weighted by atomic mass is 9.92. The molecule has 2 atom stereocenters. The number of carbonyl (C=O) groups excluding carboxylic acids is 2. The summed E-state index contributed by atoms with van der Waals surface area (Å²) in [6, 6.07) is 5.58. The molecule has 30 heavy (non-hydrogen) atoms. The smallest absolute Gasteiger partial charge is 0.257 e. The SMILES string of the molecule is CCC(=O)N1CCc2cc(C(=O)Nc3nc(CN4C[C@H](C)C[C@H](C)C4)cs3)ccc21. The lowest BCUT2D eigenvalue weighted by molar-refractivity contribution is -0.118. The Bertz CT molecular complexity index is 931. The maximum atomic E-state index is 12.7. The topological polar surface area (TPSA) is 65.5 Å². The number of piperidine rings is 1. The Morgan fingerprint density at radius 2 is 2.00 bits per heavy atom. The van der Waals surface area contributed by atoms with Gasteiger partial charge in [-0.2, -0.15) is 0 Å². The first-order chi connectivity index (χ1) is 14.4. The van der Waals surface area contributed by atoms with Gasteiger partial charge in [-0.1, -0.05) is 20.8 Å². The fourth-order valence-corrected chi connectivity index (χ4v) is 5.45. The Labute approximate surface area is 182 Å². The Morgan fingerprint density at radius 1 is 1.23 bits per heavy atom. The van der Waals surface area contributed by atoms with Gasteiger partial charge >= 0.3 is 0 Å². The highest BCUT2D eigenvalue weighted by molar-refractivity contribution is 7.14. The summed E-state index contributed by atoms with van der Waals surface area (Å²) in [5.74, 6) is 1.41. The molecule has 0 bridgehead atoms. The van der Waals surface area contributed by atoms with Gasteiger partial charge in [0, 0.05) is 49.2 Å². The number of anilines is 2. The normalized spacial score (nSPS) is 21.5. The molecular formula is C23H30N4O2S. The van der Waals surface area contributed by atoms with E-state index in [1.54, 1.807) is 6.07 Å². The van der Waals surface area contributed by atoms with Gasteiger partial charge in [-0.05, 0) is 48.4 Å². The largest absolute Gasteiger partial charge is 0.312 e. The van der Waals surface area contributed by atoms with Crippen LogP contribution >= 0.6 is 11.3 Å². The van der Waals surface area contributed by atoms with Crippen molar-refractivity contribution in [2.75, 3.05) is 29.9 Å². The van der Waals surface area contributed by atoms with Gasteiger partial charge in [0.2, 0.25) is 5.91 Å². The van der Waals surface area contributed by atoms with Crippen molar-refractivity contribution in [1.82, 2.24) is 9.88 Å². The van der Waals surface area contributed by atoms with E-state index in [1.165, 1.54) is 17.8 Å². The third-order valence-corrected chi connectivity index (χ3v) is 6.75. The van der Waals surface area contributed by atoms with Crippen LogP contribution < -0.4 is 10.2 Å². The standard InChI is InChI=1S/C23H30N4O2S/c1-4-21(28)27-8-7-17-10-18(5-6-20(17)27)22(29)25-23-24-19(14-30-23)13-26-11-15(2)9-16(3)12-26/h5-6,10,14-16H,4,7-9,11-13H2,1-3H3,(H,24,25,29)/t15-,16+. The van der Waals surface area contributed by atoms with Gasteiger partial charge in [0.1, 0.15) is 0 Å². The maximum absolute atomic E-state index is 12.7. The summed E-state index contributed by atoms with van der Waals surface area (Å²) < 4.78 is 0. The van der Waals surface area contributed by atoms with E-state index < -0.39 is 0 Å². The van der Waals surface area contributed by atoms with E-state index in [0.29, 0.717) is 23.7 Å². The molecule has 2 aliphatic rings. The predicted molar refractivity (Wildman–Crippen MR) is 121 cm³/mol. The molecule has 1 N–H and O–H groups in total. The van der Waals surface area contributed by atoms with Crippen LogP contribution in [-0.4, -0.2) is 41.3 Å². The fraction of sp³-hybridized carbons (Fsp3) is 0.522. The molecule has 1 fully saturated rings. The minimum absolute atomic E-state index is 0.124. The van der Waals surface area contributed by atoms with Gasteiger partial charge in [0.05, 0.1) is 5.69 Å². The number of carbonyl (C=O) groups is 2. The van der Waals surface area contributed by atoms with Crippen LogP contribution in [0.1, 0.15) is 55.2 Å². The summed E-state index contributed by atoms with van der Waals surface area (Å²) in [7, 11) is 0. The predicted octanol–water partition coefficient (Wildman–Crippen LogP) is 4.17. The molecule has 160 valence electrons. The second kappa shape index (κ2) is 8.86. The van der Waals surface area contributed by atoms with Gasteiger partial charge in [-0.3, -0.25) is 19.8 Å². The average Bonchev–Trinajstić information content (AvgIpc) is 3.32. The van der Waals surface area contributed by atoms with Crippen LogP contribution in [0.4, 0.5) is 10.8 Å². The second-order valence-corrected chi connectivity index (χ2v) is 9.59. The number of hydrogen-bond acceptors (Lipinski definition) is 5. The molecule has 1 aromatic carbocycles. The van der Waals surface area contributed by atoms with Crippen molar-refractivity contribution in [1.29, 1.82) is 0 Å². The summed E-state index contributed by atoms with van der Waals surface area (Å²) in [5, 5.41) is 5.61. The van der Waals surface area contributed by atoms with E-state index in [9.17, 15) is 9.59 Å². The monoisotopic (exact) mass is 426 g/mol. The zero-order chi connectivity index (χ0) is 21.3. The number of rotatable bonds is 5. The number of aromatic nitrogens is 1. The van der Waals surface area contributed by atoms with Gasteiger partial charge in [0.25, 0.3) is 5.91 Å². The first-order valence-corrected chi connectivity index (χ1v) is 11.7. The molecule has 2 aromatic rings. The van der Waals surface area contributed by atoms with Gasteiger partial charge in [-0.15, -0.1) is 11.3 Å². The van der Waals surface area contributed by atoms with Crippen molar-refractivity contribution >= 4 is 34.0 Å². The minimum atomic E-state index is -0.154. The number of nitrogens with zero attached hydrogens (tertiary/aromatic N) is 3. The van der Waals surface area contributed by atoms with Crippen molar-refractivity contribution in [3.05, 3.63) is 40.4 Å². The van der Waals surface area contributed by atoms with Crippen LogP contribution in [0.3, 0.4) is 0 Å². The first-order valence-electron chi connectivity index (χ1n) is 10.8. The quantitative estimate of drug-likeness (QED) is 0.779. The van der Waals surface area contributed by atoms with Crippen molar-refractivity contribution in [3.63, 3.8) is 0 Å². The molecule has 0 unspecified atom stereocenters. The highest BCUT2D eigenvalue weighted by Crippen LogP contribution is 2.30. The second-order valence-electron chi connectivity index (χ2n) is 8.73. The van der Waals surface area contributed by atoms with Crippen molar-refractivity contribution in [3.8, 4) is 0 Å². The third kappa shape index (κ3) is 4.57. The number of amides is 2. The molecule has 0 saturated carbocycles. The van der Waals surface area contributed by atoms with E-state index in [1.807, 2.05) is 29.3 Å². The Morgan fingerprint density at radius 3 is 2.73 bits per heavy atom. The van der Waals surface area contributed by atoms with Crippen LogP contribution in [0.15, 0.2) is 23.6 Å². The molecule has 3 heterocycles. The van der Waals surface area contributed by atoms with Gasteiger partial charge in [-0.25, -0.2) is 4.98 Å².